The zero-order valence-corrected chi connectivity index (χ0v) is 10.5. The Bertz CT molecular complexity index is 371. The van der Waals surface area contributed by atoms with E-state index in [1.165, 1.54) is 0 Å². The monoisotopic (exact) mass is 233 g/mol. The number of anilines is 1. The van der Waals surface area contributed by atoms with Crippen LogP contribution in [0, 0.1) is 5.92 Å². The summed E-state index contributed by atoms with van der Waals surface area (Å²) in [5.41, 5.74) is 0.737. The zero-order chi connectivity index (χ0) is 12.7. The predicted octanol–water partition coefficient (Wildman–Crippen LogP) is 3.84. The lowest BCUT2D eigenvalue weighted by molar-refractivity contribution is 0.110. The Labute approximate surface area is 102 Å². The largest absolute Gasteiger partial charge is 0.441 e. The number of rotatable bonds is 4. The van der Waals surface area contributed by atoms with Gasteiger partial charge in [0.15, 0.2) is 0 Å². The smallest absolute Gasteiger partial charge is 0.412 e. The highest BCUT2D eigenvalue weighted by molar-refractivity contribution is 5.84. The van der Waals surface area contributed by atoms with Gasteiger partial charge in [0.25, 0.3) is 0 Å². The van der Waals surface area contributed by atoms with Gasteiger partial charge in [-0.05, 0) is 31.1 Å². The van der Waals surface area contributed by atoms with Crippen molar-refractivity contribution in [2.24, 2.45) is 5.92 Å². The SMILES string of the molecule is C/C=C/C(OC(=O)Nc1ccccc1)C(C)C. The van der Waals surface area contributed by atoms with Gasteiger partial charge in [-0.25, -0.2) is 4.79 Å². The maximum absolute atomic E-state index is 11.6. The maximum atomic E-state index is 11.6. The third-order valence-electron chi connectivity index (χ3n) is 2.30. The van der Waals surface area contributed by atoms with E-state index in [2.05, 4.69) is 5.32 Å². The van der Waals surface area contributed by atoms with Crippen LogP contribution in [0.3, 0.4) is 0 Å². The Morgan fingerprint density at radius 3 is 2.47 bits per heavy atom. The van der Waals surface area contributed by atoms with Crippen LogP contribution in [0.15, 0.2) is 42.5 Å². The zero-order valence-electron chi connectivity index (χ0n) is 10.5. The summed E-state index contributed by atoms with van der Waals surface area (Å²) in [6.07, 6.45) is 3.16. The first-order valence-corrected chi connectivity index (χ1v) is 5.79. The highest BCUT2D eigenvalue weighted by atomic mass is 16.6. The van der Waals surface area contributed by atoms with E-state index < -0.39 is 6.09 Å². The van der Waals surface area contributed by atoms with Crippen molar-refractivity contribution < 1.29 is 9.53 Å². The van der Waals surface area contributed by atoms with Crippen LogP contribution < -0.4 is 5.32 Å². The maximum Gasteiger partial charge on any atom is 0.412 e. The highest BCUT2D eigenvalue weighted by Gasteiger charge is 2.14. The first-order valence-electron chi connectivity index (χ1n) is 5.79. The van der Waals surface area contributed by atoms with Crippen LogP contribution in [-0.2, 0) is 4.74 Å². The number of carbonyl (C=O) groups is 1. The lowest BCUT2D eigenvalue weighted by Crippen LogP contribution is -2.24. The van der Waals surface area contributed by atoms with Gasteiger partial charge in [-0.1, -0.05) is 38.1 Å². The molecule has 3 nitrogen and oxygen atoms in total. The van der Waals surface area contributed by atoms with Crippen LogP contribution in [0.4, 0.5) is 10.5 Å². The molecule has 92 valence electrons. The first-order chi connectivity index (χ1) is 8.13. The molecule has 17 heavy (non-hydrogen) atoms. The molecule has 0 saturated heterocycles. The summed E-state index contributed by atoms with van der Waals surface area (Å²) in [6.45, 7) is 5.94. The summed E-state index contributed by atoms with van der Waals surface area (Å²) < 4.78 is 5.32. The molecule has 0 heterocycles. The summed E-state index contributed by atoms with van der Waals surface area (Å²) in [4.78, 5) is 11.6. The molecule has 1 aromatic carbocycles. The van der Waals surface area contributed by atoms with Crippen molar-refractivity contribution >= 4 is 11.8 Å². The van der Waals surface area contributed by atoms with Crippen molar-refractivity contribution in [3.8, 4) is 0 Å². The molecule has 1 rings (SSSR count). The fraction of sp³-hybridized carbons (Fsp3) is 0.357. The van der Waals surface area contributed by atoms with Crippen LogP contribution in [0.2, 0.25) is 0 Å². The fourth-order valence-corrected chi connectivity index (χ4v) is 1.38. The van der Waals surface area contributed by atoms with Crippen LogP contribution in [0.5, 0.6) is 0 Å². The molecule has 1 aromatic rings. The van der Waals surface area contributed by atoms with E-state index in [0.717, 1.165) is 5.69 Å². The molecule has 1 N–H and O–H groups in total. The molecule has 0 radical (unpaired) electrons. The van der Waals surface area contributed by atoms with Gasteiger partial charge in [0, 0.05) is 5.69 Å². The molecule has 1 atom stereocenters. The number of benzene rings is 1. The van der Waals surface area contributed by atoms with E-state index in [-0.39, 0.29) is 12.0 Å². The minimum Gasteiger partial charge on any atom is -0.441 e. The summed E-state index contributed by atoms with van der Waals surface area (Å²) in [7, 11) is 0. The van der Waals surface area contributed by atoms with E-state index in [1.807, 2.05) is 63.3 Å². The molecule has 0 aliphatic heterocycles. The molecular formula is C14H19NO2. The molecule has 0 fully saturated rings. The second-order valence-electron chi connectivity index (χ2n) is 4.13. The summed E-state index contributed by atoms with van der Waals surface area (Å²) >= 11 is 0. The Morgan fingerprint density at radius 2 is 1.94 bits per heavy atom. The molecule has 0 aromatic heterocycles. The predicted molar refractivity (Wildman–Crippen MR) is 70.0 cm³/mol. The lowest BCUT2D eigenvalue weighted by Gasteiger charge is -2.18. The Kier molecular flexibility index (Phi) is 5.27. The summed E-state index contributed by atoms with van der Waals surface area (Å²) in [6, 6.07) is 9.26. The molecule has 0 saturated carbocycles. The van der Waals surface area contributed by atoms with E-state index in [4.69, 9.17) is 4.74 Å². The average molecular weight is 233 g/mol. The van der Waals surface area contributed by atoms with Gasteiger partial charge in [-0.3, -0.25) is 5.32 Å². The number of amides is 1. The second kappa shape index (κ2) is 6.74. The third-order valence-corrected chi connectivity index (χ3v) is 2.30. The topological polar surface area (TPSA) is 38.3 Å². The van der Waals surface area contributed by atoms with E-state index in [9.17, 15) is 4.79 Å². The van der Waals surface area contributed by atoms with E-state index >= 15 is 0 Å². The van der Waals surface area contributed by atoms with Crippen molar-refractivity contribution in [2.75, 3.05) is 5.32 Å². The Morgan fingerprint density at radius 1 is 1.29 bits per heavy atom. The number of ether oxygens (including phenoxy) is 1. The molecule has 1 unspecified atom stereocenters. The van der Waals surface area contributed by atoms with Crippen LogP contribution in [0.25, 0.3) is 0 Å². The highest BCUT2D eigenvalue weighted by Crippen LogP contribution is 2.11. The number of allylic oxidation sites excluding steroid dienone is 1. The van der Waals surface area contributed by atoms with Gasteiger partial charge < -0.3 is 4.74 Å². The average Bonchev–Trinajstić information content (AvgIpc) is 2.29. The quantitative estimate of drug-likeness (QED) is 0.802. The van der Waals surface area contributed by atoms with E-state index in [1.54, 1.807) is 0 Å². The third kappa shape index (κ3) is 4.72. The van der Waals surface area contributed by atoms with Crippen LogP contribution >= 0.6 is 0 Å². The minimum absolute atomic E-state index is 0.191. The van der Waals surface area contributed by atoms with Crippen LogP contribution in [-0.4, -0.2) is 12.2 Å². The Hall–Kier alpha value is -1.77. The molecule has 0 bridgehead atoms. The van der Waals surface area contributed by atoms with Gasteiger partial charge in [0.2, 0.25) is 0 Å². The minimum atomic E-state index is -0.423. The molecule has 0 spiro atoms. The van der Waals surface area contributed by atoms with Crippen molar-refractivity contribution in [1.82, 2.24) is 0 Å². The lowest BCUT2D eigenvalue weighted by atomic mass is 10.1. The second-order valence-corrected chi connectivity index (χ2v) is 4.13. The number of hydrogen-bond donors (Lipinski definition) is 1. The van der Waals surface area contributed by atoms with Crippen molar-refractivity contribution in [3.63, 3.8) is 0 Å². The summed E-state index contributed by atoms with van der Waals surface area (Å²) in [5, 5.41) is 2.69. The first kappa shape index (κ1) is 13.3. The van der Waals surface area contributed by atoms with Gasteiger partial charge >= 0.3 is 6.09 Å². The Balaban J connectivity index is 2.54. The molecule has 0 aliphatic carbocycles. The molecule has 3 heteroatoms. The fourth-order valence-electron chi connectivity index (χ4n) is 1.38. The van der Waals surface area contributed by atoms with E-state index in [0.29, 0.717) is 0 Å². The van der Waals surface area contributed by atoms with Gasteiger partial charge in [0.05, 0.1) is 0 Å². The molecule has 0 aliphatic rings. The van der Waals surface area contributed by atoms with Gasteiger partial charge in [-0.2, -0.15) is 0 Å². The number of nitrogens with one attached hydrogen (secondary N) is 1. The number of carbonyl (C=O) groups excluding carboxylic acids is 1. The van der Waals surface area contributed by atoms with Crippen LogP contribution in [0.1, 0.15) is 20.8 Å². The normalized spacial score (nSPS) is 12.7. The number of para-hydroxylation sites is 1. The van der Waals surface area contributed by atoms with Crippen molar-refractivity contribution in [1.29, 1.82) is 0 Å². The molecular weight excluding hydrogens is 214 g/mol. The standard InChI is InChI=1S/C14H19NO2/c1-4-8-13(11(2)3)17-14(16)15-12-9-6-5-7-10-12/h4-11,13H,1-3H3,(H,15,16)/b8-4+. The van der Waals surface area contributed by atoms with Crippen molar-refractivity contribution in [3.05, 3.63) is 42.5 Å². The molecule has 1 amide bonds. The van der Waals surface area contributed by atoms with Gasteiger partial charge in [0.1, 0.15) is 6.10 Å². The van der Waals surface area contributed by atoms with Gasteiger partial charge in [-0.15, -0.1) is 0 Å². The number of hydrogen-bond acceptors (Lipinski definition) is 2. The summed E-state index contributed by atoms with van der Waals surface area (Å²) in [5.74, 6) is 0.257. The van der Waals surface area contributed by atoms with Crippen molar-refractivity contribution in [2.45, 2.75) is 26.9 Å².